The van der Waals surface area contributed by atoms with Crippen molar-refractivity contribution in [1.29, 1.82) is 0 Å². The van der Waals surface area contributed by atoms with Crippen LogP contribution in [0.3, 0.4) is 0 Å². The predicted octanol–water partition coefficient (Wildman–Crippen LogP) is 0.611. The monoisotopic (exact) mass is 389 g/mol. The van der Waals surface area contributed by atoms with Crippen LogP contribution < -0.4 is 20.1 Å². The molecule has 0 unspecified atom stereocenters. The number of nitrogens with zero attached hydrogens (tertiary/aromatic N) is 1. The Morgan fingerprint density at radius 3 is 2.48 bits per heavy atom. The van der Waals surface area contributed by atoms with Crippen molar-refractivity contribution in [3.8, 4) is 11.5 Å². The number of benzene rings is 1. The van der Waals surface area contributed by atoms with Crippen LogP contribution in [0, 0.1) is 0 Å². The highest BCUT2D eigenvalue weighted by molar-refractivity contribution is 7.80. The summed E-state index contributed by atoms with van der Waals surface area (Å²) in [5, 5.41) is 4.73. The summed E-state index contributed by atoms with van der Waals surface area (Å²) < 4.78 is 10.9. The Bertz CT molecular complexity index is 808. The van der Waals surface area contributed by atoms with Gasteiger partial charge in [-0.05, 0) is 48.8 Å². The van der Waals surface area contributed by atoms with E-state index in [9.17, 15) is 14.4 Å². The minimum atomic E-state index is -0.570. The molecule has 2 aliphatic rings. The molecule has 2 aliphatic heterocycles. The topological polar surface area (TPSA) is 97.0 Å². The van der Waals surface area contributed by atoms with Crippen molar-refractivity contribution in [2.24, 2.45) is 0 Å². The second kappa shape index (κ2) is 8.17. The van der Waals surface area contributed by atoms with E-state index in [1.807, 2.05) is 0 Å². The zero-order valence-electron chi connectivity index (χ0n) is 14.7. The number of amides is 3. The van der Waals surface area contributed by atoms with Crippen LogP contribution in [0.4, 0.5) is 0 Å². The fourth-order valence-corrected chi connectivity index (χ4v) is 3.05. The van der Waals surface area contributed by atoms with Gasteiger partial charge in [0.25, 0.3) is 17.7 Å². The van der Waals surface area contributed by atoms with Gasteiger partial charge in [0, 0.05) is 13.1 Å². The SMILES string of the molecule is COc1cc(C=C2C(=O)NC(=S)NC2=O)ccc1OCC(=O)N1CCCC1. The molecule has 3 amide bonds. The number of rotatable bonds is 5. The molecule has 9 heteroatoms. The maximum Gasteiger partial charge on any atom is 0.263 e. The lowest BCUT2D eigenvalue weighted by atomic mass is 10.1. The number of nitrogens with one attached hydrogen (secondary N) is 2. The first-order chi connectivity index (χ1) is 13.0. The Balaban J connectivity index is 1.73. The number of thiocarbonyl (C=S) groups is 1. The lowest BCUT2D eigenvalue weighted by Crippen LogP contribution is -2.51. The summed E-state index contributed by atoms with van der Waals surface area (Å²) in [7, 11) is 1.47. The third kappa shape index (κ3) is 4.43. The summed E-state index contributed by atoms with van der Waals surface area (Å²) in [6.07, 6.45) is 3.46. The smallest absolute Gasteiger partial charge is 0.263 e. The summed E-state index contributed by atoms with van der Waals surface area (Å²) in [5.41, 5.74) is 0.502. The number of carbonyl (C=O) groups excluding carboxylic acids is 3. The van der Waals surface area contributed by atoms with Crippen molar-refractivity contribution in [2.45, 2.75) is 12.8 Å². The van der Waals surface area contributed by atoms with Gasteiger partial charge in [0.05, 0.1) is 7.11 Å². The fourth-order valence-electron chi connectivity index (χ4n) is 2.86. The number of likely N-dealkylation sites (tertiary alicyclic amines) is 1. The lowest BCUT2D eigenvalue weighted by Gasteiger charge is -2.17. The third-order valence-electron chi connectivity index (χ3n) is 4.25. The van der Waals surface area contributed by atoms with Crippen LogP contribution in [-0.2, 0) is 14.4 Å². The first-order valence-corrected chi connectivity index (χ1v) is 8.85. The molecule has 0 bridgehead atoms. The molecule has 2 fully saturated rings. The second-order valence-electron chi connectivity index (χ2n) is 6.08. The van der Waals surface area contributed by atoms with Crippen molar-refractivity contribution in [1.82, 2.24) is 15.5 Å². The lowest BCUT2D eigenvalue weighted by molar-refractivity contribution is -0.132. The Hall–Kier alpha value is -2.94. The number of methoxy groups -OCH3 is 1. The molecule has 3 rings (SSSR count). The van der Waals surface area contributed by atoms with E-state index < -0.39 is 11.8 Å². The molecule has 2 saturated heterocycles. The fraction of sp³-hybridized carbons (Fsp3) is 0.333. The Kier molecular flexibility index (Phi) is 5.70. The van der Waals surface area contributed by atoms with Gasteiger partial charge < -0.3 is 14.4 Å². The van der Waals surface area contributed by atoms with Gasteiger partial charge in [0.15, 0.2) is 23.2 Å². The van der Waals surface area contributed by atoms with Crippen LogP contribution in [0.1, 0.15) is 18.4 Å². The molecule has 0 aromatic heterocycles. The zero-order valence-corrected chi connectivity index (χ0v) is 15.6. The van der Waals surface area contributed by atoms with Crippen LogP contribution >= 0.6 is 12.2 Å². The highest BCUT2D eigenvalue weighted by Crippen LogP contribution is 2.29. The van der Waals surface area contributed by atoms with Gasteiger partial charge in [0.2, 0.25) is 0 Å². The molecule has 8 nitrogen and oxygen atoms in total. The molecule has 142 valence electrons. The standard InChI is InChI=1S/C18H19N3O5S/c1-25-14-9-11(8-12-16(23)19-18(27)20-17(12)24)4-5-13(14)26-10-15(22)21-6-2-3-7-21/h4-5,8-9H,2-3,6-7,10H2,1H3,(H2,19,20,23,24,27). The Labute approximate surface area is 161 Å². The summed E-state index contributed by atoms with van der Waals surface area (Å²) in [4.78, 5) is 37.7. The molecule has 2 heterocycles. The van der Waals surface area contributed by atoms with Gasteiger partial charge >= 0.3 is 0 Å². The van der Waals surface area contributed by atoms with Gasteiger partial charge in [0.1, 0.15) is 5.57 Å². The number of hydrogen-bond donors (Lipinski definition) is 2. The molecule has 1 aromatic rings. The van der Waals surface area contributed by atoms with Gasteiger partial charge in [-0.25, -0.2) is 0 Å². The summed E-state index contributed by atoms with van der Waals surface area (Å²) in [5.74, 6) is -0.401. The van der Waals surface area contributed by atoms with Crippen LogP contribution in [0.5, 0.6) is 11.5 Å². The van der Waals surface area contributed by atoms with Gasteiger partial charge in [-0.1, -0.05) is 6.07 Å². The van der Waals surface area contributed by atoms with Crippen LogP contribution in [0.2, 0.25) is 0 Å². The van der Waals surface area contributed by atoms with Crippen LogP contribution in [0.15, 0.2) is 23.8 Å². The summed E-state index contributed by atoms with van der Waals surface area (Å²) >= 11 is 4.77. The minimum Gasteiger partial charge on any atom is -0.493 e. The van der Waals surface area contributed by atoms with E-state index >= 15 is 0 Å². The third-order valence-corrected chi connectivity index (χ3v) is 4.46. The van der Waals surface area contributed by atoms with Crippen molar-refractivity contribution in [3.63, 3.8) is 0 Å². The molecule has 2 N–H and O–H groups in total. The molecule has 0 spiro atoms. The van der Waals surface area contributed by atoms with Crippen LogP contribution in [-0.4, -0.2) is 54.5 Å². The Morgan fingerprint density at radius 1 is 1.19 bits per heavy atom. The highest BCUT2D eigenvalue weighted by atomic mass is 32.1. The molecule has 27 heavy (non-hydrogen) atoms. The second-order valence-corrected chi connectivity index (χ2v) is 6.49. The molecule has 0 radical (unpaired) electrons. The minimum absolute atomic E-state index is 0.0221. The van der Waals surface area contributed by atoms with Crippen LogP contribution in [0.25, 0.3) is 6.08 Å². The molecular weight excluding hydrogens is 370 g/mol. The number of hydrogen-bond acceptors (Lipinski definition) is 6. The summed E-state index contributed by atoms with van der Waals surface area (Å²) in [6, 6.07) is 4.92. The van der Waals surface area contributed by atoms with E-state index in [0.29, 0.717) is 17.1 Å². The average molecular weight is 389 g/mol. The van der Waals surface area contributed by atoms with E-state index in [1.165, 1.54) is 13.2 Å². The quantitative estimate of drug-likeness (QED) is 0.435. The molecule has 0 atom stereocenters. The van der Waals surface area contributed by atoms with Gasteiger partial charge in [-0.2, -0.15) is 0 Å². The normalized spacial score (nSPS) is 16.7. The van der Waals surface area contributed by atoms with Gasteiger partial charge in [-0.3, -0.25) is 25.0 Å². The maximum absolute atomic E-state index is 12.1. The first kappa shape index (κ1) is 18.8. The first-order valence-electron chi connectivity index (χ1n) is 8.45. The summed E-state index contributed by atoms with van der Waals surface area (Å²) in [6.45, 7) is 1.46. The maximum atomic E-state index is 12.1. The van der Waals surface area contributed by atoms with E-state index in [0.717, 1.165) is 25.9 Å². The van der Waals surface area contributed by atoms with Crippen molar-refractivity contribution < 1.29 is 23.9 Å². The number of carbonyl (C=O) groups is 3. The van der Waals surface area contributed by atoms with E-state index in [-0.39, 0.29) is 23.2 Å². The zero-order chi connectivity index (χ0) is 19.4. The molecular formula is C18H19N3O5S. The molecule has 1 aromatic carbocycles. The Morgan fingerprint density at radius 2 is 1.85 bits per heavy atom. The highest BCUT2D eigenvalue weighted by Gasteiger charge is 2.25. The van der Waals surface area contributed by atoms with E-state index in [4.69, 9.17) is 21.7 Å². The average Bonchev–Trinajstić information content (AvgIpc) is 3.18. The molecule has 0 aliphatic carbocycles. The number of ether oxygens (including phenoxy) is 2. The van der Waals surface area contributed by atoms with Crippen molar-refractivity contribution in [3.05, 3.63) is 29.3 Å². The van der Waals surface area contributed by atoms with Gasteiger partial charge in [-0.15, -0.1) is 0 Å². The van der Waals surface area contributed by atoms with E-state index in [2.05, 4.69) is 10.6 Å². The van der Waals surface area contributed by atoms with Crippen molar-refractivity contribution >= 4 is 41.1 Å². The molecule has 0 saturated carbocycles. The van der Waals surface area contributed by atoms with E-state index in [1.54, 1.807) is 23.1 Å². The largest absolute Gasteiger partial charge is 0.493 e. The van der Waals surface area contributed by atoms with Crippen molar-refractivity contribution in [2.75, 3.05) is 26.8 Å². The predicted molar refractivity (Wildman–Crippen MR) is 101 cm³/mol.